The van der Waals surface area contributed by atoms with Crippen LogP contribution in [-0.2, 0) is 12.8 Å². The molecule has 1 atom stereocenters. The molecule has 1 N–H and O–H groups in total. The lowest BCUT2D eigenvalue weighted by molar-refractivity contribution is 0.174. The van der Waals surface area contributed by atoms with Crippen LogP contribution < -0.4 is 0 Å². The van der Waals surface area contributed by atoms with Crippen LogP contribution in [0.1, 0.15) is 16.7 Å². The average molecular weight is 279 g/mol. The summed E-state index contributed by atoms with van der Waals surface area (Å²) in [5.41, 5.74) is 2.65. The van der Waals surface area contributed by atoms with E-state index in [1.807, 2.05) is 31.2 Å². The number of aliphatic hydroxyl groups is 1. The summed E-state index contributed by atoms with van der Waals surface area (Å²) < 4.78 is 13.7. The molecule has 0 heterocycles. The van der Waals surface area contributed by atoms with E-state index in [0.717, 1.165) is 11.1 Å². The smallest absolute Gasteiger partial charge is 0.145 e. The van der Waals surface area contributed by atoms with Crippen molar-refractivity contribution in [2.24, 2.45) is 0 Å². The van der Waals surface area contributed by atoms with Crippen molar-refractivity contribution in [3.8, 4) is 0 Å². The van der Waals surface area contributed by atoms with Crippen LogP contribution in [0, 0.1) is 12.7 Å². The molecule has 19 heavy (non-hydrogen) atoms. The molecule has 0 saturated carbocycles. The molecule has 1 nitrogen and oxygen atoms in total. The van der Waals surface area contributed by atoms with E-state index in [0.29, 0.717) is 12.0 Å². The molecule has 0 radical (unpaired) electrons. The van der Waals surface area contributed by atoms with E-state index in [1.165, 1.54) is 6.07 Å². The van der Waals surface area contributed by atoms with Gasteiger partial charge in [-0.1, -0.05) is 53.6 Å². The third kappa shape index (κ3) is 3.79. The van der Waals surface area contributed by atoms with E-state index in [4.69, 9.17) is 11.6 Å². The molecule has 0 spiro atoms. The van der Waals surface area contributed by atoms with Crippen LogP contribution in [0.5, 0.6) is 0 Å². The normalized spacial score (nSPS) is 12.4. The van der Waals surface area contributed by atoms with E-state index in [1.54, 1.807) is 12.1 Å². The highest BCUT2D eigenvalue weighted by Crippen LogP contribution is 2.20. The van der Waals surface area contributed by atoms with Crippen LogP contribution in [0.2, 0.25) is 5.02 Å². The van der Waals surface area contributed by atoms with Gasteiger partial charge in [0.05, 0.1) is 11.1 Å². The maximum absolute atomic E-state index is 13.7. The monoisotopic (exact) mass is 278 g/mol. The Labute approximate surface area is 117 Å². The number of aryl methyl sites for hydroxylation is 1. The van der Waals surface area contributed by atoms with Crippen LogP contribution in [0.4, 0.5) is 4.39 Å². The summed E-state index contributed by atoms with van der Waals surface area (Å²) in [6.07, 6.45) is 0.156. The Kier molecular flexibility index (Phi) is 4.56. The molecule has 3 heteroatoms. The van der Waals surface area contributed by atoms with Gasteiger partial charge >= 0.3 is 0 Å². The summed E-state index contributed by atoms with van der Waals surface area (Å²) in [5, 5.41) is 10.1. The van der Waals surface area contributed by atoms with Gasteiger partial charge in [0.15, 0.2) is 0 Å². The highest BCUT2D eigenvalue weighted by Gasteiger charge is 2.12. The van der Waals surface area contributed by atoms with Crippen molar-refractivity contribution >= 4 is 11.6 Å². The highest BCUT2D eigenvalue weighted by atomic mass is 35.5. The van der Waals surface area contributed by atoms with E-state index >= 15 is 0 Å². The first-order valence-electron chi connectivity index (χ1n) is 6.23. The molecule has 0 aliphatic carbocycles. The lowest BCUT2D eigenvalue weighted by Crippen LogP contribution is -2.15. The minimum absolute atomic E-state index is 0.0975. The molecular formula is C16H16ClFO. The molecule has 2 aromatic carbocycles. The Morgan fingerprint density at radius 2 is 1.89 bits per heavy atom. The number of hydrogen-bond acceptors (Lipinski definition) is 1. The average Bonchev–Trinajstić information content (AvgIpc) is 2.35. The molecule has 0 aromatic heterocycles. The standard InChI is InChI=1S/C16H16ClFO/c1-11-4-2-5-12(8-11)9-14(19)10-13-6-3-7-15(17)16(13)18/h2-8,14,19H,9-10H2,1H3. The van der Waals surface area contributed by atoms with Crippen LogP contribution in [0.25, 0.3) is 0 Å². The van der Waals surface area contributed by atoms with Crippen molar-refractivity contribution in [1.82, 2.24) is 0 Å². The zero-order valence-electron chi connectivity index (χ0n) is 10.7. The molecule has 0 aliphatic rings. The molecule has 1 unspecified atom stereocenters. The van der Waals surface area contributed by atoms with Crippen LogP contribution in [0.15, 0.2) is 42.5 Å². The fourth-order valence-corrected chi connectivity index (χ4v) is 2.34. The van der Waals surface area contributed by atoms with E-state index < -0.39 is 11.9 Å². The Bertz CT molecular complexity index is 568. The zero-order valence-corrected chi connectivity index (χ0v) is 11.5. The van der Waals surface area contributed by atoms with E-state index in [2.05, 4.69) is 0 Å². The van der Waals surface area contributed by atoms with Gasteiger partial charge in [-0.15, -0.1) is 0 Å². The predicted molar refractivity (Wildman–Crippen MR) is 76.0 cm³/mol. The van der Waals surface area contributed by atoms with Gasteiger partial charge in [0.25, 0.3) is 0 Å². The number of aliphatic hydroxyl groups excluding tert-OH is 1. The van der Waals surface area contributed by atoms with Gasteiger partial charge in [0.1, 0.15) is 5.82 Å². The third-order valence-electron chi connectivity index (χ3n) is 3.04. The van der Waals surface area contributed by atoms with Crippen LogP contribution in [0.3, 0.4) is 0 Å². The summed E-state index contributed by atoms with van der Waals surface area (Å²) in [7, 11) is 0. The summed E-state index contributed by atoms with van der Waals surface area (Å²) in [6, 6.07) is 12.8. The lowest BCUT2D eigenvalue weighted by atomic mass is 10.00. The number of halogens is 2. The summed E-state index contributed by atoms with van der Waals surface area (Å²) in [4.78, 5) is 0. The summed E-state index contributed by atoms with van der Waals surface area (Å²) in [6.45, 7) is 2.01. The number of rotatable bonds is 4. The summed E-state index contributed by atoms with van der Waals surface area (Å²) in [5.74, 6) is -0.438. The maximum Gasteiger partial charge on any atom is 0.145 e. The van der Waals surface area contributed by atoms with Gasteiger partial charge in [0.2, 0.25) is 0 Å². The molecule has 2 rings (SSSR count). The van der Waals surface area contributed by atoms with E-state index in [-0.39, 0.29) is 11.4 Å². The van der Waals surface area contributed by atoms with Crippen molar-refractivity contribution in [1.29, 1.82) is 0 Å². The second kappa shape index (κ2) is 6.18. The molecular weight excluding hydrogens is 263 g/mol. The SMILES string of the molecule is Cc1cccc(CC(O)Cc2cccc(Cl)c2F)c1. The molecule has 0 amide bonds. The first-order chi connectivity index (χ1) is 9.06. The van der Waals surface area contributed by atoms with Crippen LogP contribution >= 0.6 is 11.6 Å². The third-order valence-corrected chi connectivity index (χ3v) is 3.33. The lowest BCUT2D eigenvalue weighted by Gasteiger charge is -2.12. The second-order valence-electron chi connectivity index (χ2n) is 4.76. The molecule has 0 bridgehead atoms. The summed E-state index contributed by atoms with van der Waals surface area (Å²) >= 11 is 5.72. The molecule has 0 aliphatic heterocycles. The van der Waals surface area contributed by atoms with Gasteiger partial charge in [-0.2, -0.15) is 0 Å². The quantitative estimate of drug-likeness (QED) is 0.898. The maximum atomic E-state index is 13.7. The first kappa shape index (κ1) is 14.0. The topological polar surface area (TPSA) is 20.2 Å². The van der Waals surface area contributed by atoms with E-state index in [9.17, 15) is 9.50 Å². The van der Waals surface area contributed by atoms with Crippen molar-refractivity contribution in [3.63, 3.8) is 0 Å². The highest BCUT2D eigenvalue weighted by molar-refractivity contribution is 6.30. The first-order valence-corrected chi connectivity index (χ1v) is 6.60. The Morgan fingerprint density at radius 1 is 1.16 bits per heavy atom. The Morgan fingerprint density at radius 3 is 2.63 bits per heavy atom. The van der Waals surface area contributed by atoms with Gasteiger partial charge in [-0.05, 0) is 30.5 Å². The van der Waals surface area contributed by atoms with Crippen LogP contribution in [-0.4, -0.2) is 11.2 Å². The van der Waals surface area contributed by atoms with Crippen molar-refractivity contribution in [2.45, 2.75) is 25.9 Å². The second-order valence-corrected chi connectivity index (χ2v) is 5.17. The Hall–Kier alpha value is -1.38. The van der Waals surface area contributed by atoms with Crippen molar-refractivity contribution in [2.75, 3.05) is 0 Å². The fourth-order valence-electron chi connectivity index (χ4n) is 2.14. The Balaban J connectivity index is 2.05. The fraction of sp³-hybridized carbons (Fsp3) is 0.250. The van der Waals surface area contributed by atoms with Crippen molar-refractivity contribution < 1.29 is 9.50 Å². The minimum atomic E-state index is -0.616. The molecule has 0 fully saturated rings. The van der Waals surface area contributed by atoms with Gasteiger partial charge in [0, 0.05) is 6.42 Å². The van der Waals surface area contributed by atoms with Crippen molar-refractivity contribution in [3.05, 3.63) is 70.0 Å². The molecule has 100 valence electrons. The zero-order chi connectivity index (χ0) is 13.8. The number of hydrogen-bond donors (Lipinski definition) is 1. The predicted octanol–water partition coefficient (Wildman–Crippen LogP) is 3.93. The van der Waals surface area contributed by atoms with Gasteiger partial charge < -0.3 is 5.11 Å². The number of benzene rings is 2. The van der Waals surface area contributed by atoms with Gasteiger partial charge in [-0.25, -0.2) is 4.39 Å². The molecule has 2 aromatic rings. The minimum Gasteiger partial charge on any atom is -0.392 e. The molecule has 0 saturated heterocycles. The van der Waals surface area contributed by atoms with Gasteiger partial charge in [-0.3, -0.25) is 0 Å². The largest absolute Gasteiger partial charge is 0.392 e.